The molecule has 0 spiro atoms. The average Bonchev–Trinajstić information content (AvgIpc) is 2.07. The molecule has 60 valence electrons. The molecular weight excluding hydrogens is 161 g/mol. The van der Waals surface area contributed by atoms with E-state index in [0.717, 1.165) is 0 Å². The van der Waals surface area contributed by atoms with E-state index in [1.165, 1.54) is 18.2 Å². The van der Waals surface area contributed by atoms with Crippen molar-refractivity contribution < 1.29 is 9.18 Å². The molecule has 0 N–H and O–H groups in total. The fourth-order valence-electron chi connectivity index (χ4n) is 1.01. The Morgan fingerprint density at radius 2 is 2.33 bits per heavy atom. The van der Waals surface area contributed by atoms with Crippen molar-refractivity contribution in [3.63, 3.8) is 0 Å². The van der Waals surface area contributed by atoms with Gasteiger partial charge >= 0.3 is 0 Å². The van der Waals surface area contributed by atoms with E-state index in [4.69, 9.17) is 0 Å². The molecule has 1 aliphatic carbocycles. The van der Waals surface area contributed by atoms with Gasteiger partial charge in [-0.3, -0.25) is 4.79 Å². The Bertz CT molecular complexity index is 354. The van der Waals surface area contributed by atoms with Crippen LogP contribution in [0, 0.1) is 0 Å². The fourth-order valence-corrected chi connectivity index (χ4v) is 1.01. The van der Waals surface area contributed by atoms with Gasteiger partial charge in [-0.2, -0.15) is 0 Å². The number of halogens is 1. The van der Waals surface area contributed by atoms with Gasteiger partial charge in [-0.05, 0) is 23.5 Å². The lowest BCUT2D eigenvalue weighted by Crippen LogP contribution is -2.17. The predicted octanol–water partition coefficient (Wildman–Crippen LogP) is 1.17. The molecule has 2 aliphatic rings. The Balaban J connectivity index is 2.46. The molecule has 1 amide bonds. The van der Waals surface area contributed by atoms with Crippen LogP contribution in [-0.4, -0.2) is 17.8 Å². The molecule has 5 heteroatoms. The number of alkyl halides is 1. The molecule has 1 heterocycles. The van der Waals surface area contributed by atoms with Gasteiger partial charge in [0.2, 0.25) is 0 Å². The van der Waals surface area contributed by atoms with Gasteiger partial charge in [-0.1, -0.05) is 5.11 Å². The molecule has 12 heavy (non-hydrogen) atoms. The third-order valence-electron chi connectivity index (χ3n) is 1.56. The van der Waals surface area contributed by atoms with Crippen LogP contribution in [0.15, 0.2) is 39.2 Å². The SMILES string of the molecule is O=C1N=NN=C2C=CC(F)C=C12. The summed E-state index contributed by atoms with van der Waals surface area (Å²) in [6.45, 7) is 0. The molecule has 1 atom stereocenters. The molecule has 4 nitrogen and oxygen atoms in total. The van der Waals surface area contributed by atoms with Crippen LogP contribution in [0.4, 0.5) is 4.39 Å². The first-order chi connectivity index (χ1) is 5.77. The van der Waals surface area contributed by atoms with E-state index in [9.17, 15) is 9.18 Å². The first kappa shape index (κ1) is 7.02. The molecule has 0 radical (unpaired) electrons. The predicted molar refractivity (Wildman–Crippen MR) is 39.4 cm³/mol. The third-order valence-corrected chi connectivity index (χ3v) is 1.56. The fraction of sp³-hybridized carbons (Fsp3) is 0.143. The van der Waals surface area contributed by atoms with Crippen molar-refractivity contribution in [2.24, 2.45) is 15.4 Å². The smallest absolute Gasteiger partial charge is 0.265 e. The highest BCUT2D eigenvalue weighted by Gasteiger charge is 2.22. The first-order valence-electron chi connectivity index (χ1n) is 3.35. The molecule has 0 aromatic heterocycles. The van der Waals surface area contributed by atoms with E-state index in [0.29, 0.717) is 5.71 Å². The molecule has 0 aromatic rings. The Labute approximate surface area is 67.2 Å². The monoisotopic (exact) mass is 165 g/mol. The lowest BCUT2D eigenvalue weighted by Gasteiger charge is -2.10. The Kier molecular flexibility index (Phi) is 1.43. The van der Waals surface area contributed by atoms with Crippen molar-refractivity contribution in [1.82, 2.24) is 0 Å². The second kappa shape index (κ2) is 2.44. The van der Waals surface area contributed by atoms with Crippen LogP contribution in [0.25, 0.3) is 0 Å². The molecule has 0 aromatic carbocycles. The van der Waals surface area contributed by atoms with Gasteiger partial charge in [0.25, 0.3) is 5.91 Å². The summed E-state index contributed by atoms with van der Waals surface area (Å²) < 4.78 is 12.7. The zero-order valence-electron chi connectivity index (χ0n) is 5.94. The van der Waals surface area contributed by atoms with Crippen molar-refractivity contribution in [3.8, 4) is 0 Å². The number of hydrogen-bond donors (Lipinski definition) is 0. The van der Waals surface area contributed by atoms with Crippen molar-refractivity contribution >= 4 is 11.6 Å². The summed E-state index contributed by atoms with van der Waals surface area (Å²) in [5, 5.41) is 9.96. The summed E-state index contributed by atoms with van der Waals surface area (Å²) in [7, 11) is 0. The van der Waals surface area contributed by atoms with Crippen LogP contribution >= 0.6 is 0 Å². The second-order valence-corrected chi connectivity index (χ2v) is 2.36. The Hall–Kier alpha value is -1.65. The van der Waals surface area contributed by atoms with Crippen LogP contribution in [0.1, 0.15) is 0 Å². The number of rotatable bonds is 0. The zero-order chi connectivity index (χ0) is 8.55. The second-order valence-electron chi connectivity index (χ2n) is 2.36. The number of nitrogens with zero attached hydrogens (tertiary/aromatic N) is 3. The van der Waals surface area contributed by atoms with Crippen molar-refractivity contribution in [3.05, 3.63) is 23.8 Å². The van der Waals surface area contributed by atoms with Crippen molar-refractivity contribution in [2.45, 2.75) is 6.17 Å². The summed E-state index contributed by atoms with van der Waals surface area (Å²) in [6.07, 6.45) is 2.68. The van der Waals surface area contributed by atoms with Gasteiger partial charge in [0.05, 0.1) is 11.3 Å². The quantitative estimate of drug-likeness (QED) is 0.531. The number of allylic oxidation sites excluding steroid dienone is 3. The van der Waals surface area contributed by atoms with E-state index >= 15 is 0 Å². The van der Waals surface area contributed by atoms with E-state index in [2.05, 4.69) is 15.4 Å². The van der Waals surface area contributed by atoms with Crippen LogP contribution < -0.4 is 0 Å². The molecular formula is C7H4FN3O. The van der Waals surface area contributed by atoms with Gasteiger partial charge in [-0.25, -0.2) is 4.39 Å². The molecule has 0 fully saturated rings. The minimum atomic E-state index is -1.23. The van der Waals surface area contributed by atoms with Gasteiger partial charge < -0.3 is 0 Å². The van der Waals surface area contributed by atoms with E-state index in [1.54, 1.807) is 0 Å². The van der Waals surface area contributed by atoms with E-state index < -0.39 is 12.1 Å². The van der Waals surface area contributed by atoms with E-state index in [1.807, 2.05) is 0 Å². The molecule has 1 unspecified atom stereocenters. The van der Waals surface area contributed by atoms with Crippen LogP contribution in [-0.2, 0) is 4.79 Å². The number of carbonyl (C=O) groups is 1. The van der Waals surface area contributed by atoms with Gasteiger partial charge in [-0.15, -0.1) is 5.10 Å². The maximum atomic E-state index is 12.7. The highest BCUT2D eigenvalue weighted by Crippen LogP contribution is 2.16. The maximum absolute atomic E-state index is 12.7. The minimum absolute atomic E-state index is 0.194. The van der Waals surface area contributed by atoms with Gasteiger partial charge in [0.1, 0.15) is 6.17 Å². The number of carbonyl (C=O) groups excluding carboxylic acids is 1. The van der Waals surface area contributed by atoms with Gasteiger partial charge in [0, 0.05) is 0 Å². The van der Waals surface area contributed by atoms with Crippen molar-refractivity contribution in [2.75, 3.05) is 0 Å². The lowest BCUT2D eigenvalue weighted by atomic mass is 10.0. The van der Waals surface area contributed by atoms with Crippen molar-refractivity contribution in [1.29, 1.82) is 0 Å². The van der Waals surface area contributed by atoms with Crippen LogP contribution in [0.3, 0.4) is 0 Å². The minimum Gasteiger partial charge on any atom is -0.265 e. The number of fused-ring (bicyclic) bond motifs is 1. The topological polar surface area (TPSA) is 54.1 Å². The zero-order valence-corrected chi connectivity index (χ0v) is 5.94. The summed E-state index contributed by atoms with van der Waals surface area (Å²) in [6, 6.07) is 0. The normalized spacial score (nSPS) is 26.4. The molecule has 2 rings (SSSR count). The standard InChI is InChI=1S/C7H4FN3O/c8-4-1-2-6-5(3-4)7(12)10-11-9-6/h1-4H. The number of amides is 1. The highest BCUT2D eigenvalue weighted by molar-refractivity contribution is 6.27. The summed E-state index contributed by atoms with van der Waals surface area (Å²) in [4.78, 5) is 11.0. The average molecular weight is 165 g/mol. The summed E-state index contributed by atoms with van der Waals surface area (Å²) >= 11 is 0. The summed E-state index contributed by atoms with van der Waals surface area (Å²) in [5.41, 5.74) is 0.573. The largest absolute Gasteiger partial charge is 0.299 e. The molecule has 0 saturated heterocycles. The number of hydrogen-bond acceptors (Lipinski definition) is 3. The van der Waals surface area contributed by atoms with Gasteiger partial charge in [0.15, 0.2) is 0 Å². The first-order valence-corrected chi connectivity index (χ1v) is 3.35. The third kappa shape index (κ3) is 0.990. The lowest BCUT2D eigenvalue weighted by molar-refractivity contribution is -0.114. The van der Waals surface area contributed by atoms with Crippen LogP contribution in [0.2, 0.25) is 0 Å². The summed E-state index contributed by atoms with van der Waals surface area (Å²) in [5.74, 6) is -0.535. The molecule has 0 bridgehead atoms. The maximum Gasteiger partial charge on any atom is 0.299 e. The Morgan fingerprint density at radius 3 is 3.17 bits per heavy atom. The molecule has 1 aliphatic heterocycles. The highest BCUT2D eigenvalue weighted by atomic mass is 19.1. The Morgan fingerprint density at radius 1 is 1.50 bits per heavy atom. The van der Waals surface area contributed by atoms with Crippen LogP contribution in [0.5, 0.6) is 0 Å². The molecule has 0 saturated carbocycles. The van der Waals surface area contributed by atoms with E-state index in [-0.39, 0.29) is 5.57 Å².